The summed E-state index contributed by atoms with van der Waals surface area (Å²) in [7, 11) is 0. The molecule has 2 unspecified atom stereocenters. The van der Waals surface area contributed by atoms with Gasteiger partial charge in [-0.15, -0.1) is 0 Å². The zero-order valence-electron chi connectivity index (χ0n) is 11.0. The average molecular weight is 259 g/mol. The molecule has 2 atom stereocenters. The largest absolute Gasteiger partial charge is 0.460 e. The highest BCUT2D eigenvalue weighted by atomic mass is 16.6. The Morgan fingerprint density at radius 2 is 2.00 bits per heavy atom. The zero-order valence-corrected chi connectivity index (χ0v) is 11.0. The van der Waals surface area contributed by atoms with E-state index >= 15 is 0 Å². The Bertz CT molecular complexity index is 308. The van der Waals surface area contributed by atoms with Crippen LogP contribution in [0.25, 0.3) is 0 Å². The summed E-state index contributed by atoms with van der Waals surface area (Å²) in [4.78, 5) is 22.7. The normalized spacial score (nSPS) is 14.5. The molecule has 0 saturated carbocycles. The van der Waals surface area contributed by atoms with Gasteiger partial charge in [0.05, 0.1) is 12.5 Å². The third-order valence-electron chi connectivity index (χ3n) is 1.81. The predicted octanol–water partition coefficient (Wildman–Crippen LogP) is 0.136. The van der Waals surface area contributed by atoms with E-state index in [0.29, 0.717) is 0 Å². The lowest BCUT2D eigenvalue weighted by molar-refractivity contribution is -0.158. The summed E-state index contributed by atoms with van der Waals surface area (Å²) in [6.07, 6.45) is -0.455. The second-order valence-corrected chi connectivity index (χ2v) is 4.82. The van der Waals surface area contributed by atoms with Gasteiger partial charge in [-0.1, -0.05) is 12.7 Å². The van der Waals surface area contributed by atoms with Crippen molar-refractivity contribution in [1.29, 1.82) is 0 Å². The van der Waals surface area contributed by atoms with Crippen molar-refractivity contribution in [3.63, 3.8) is 0 Å². The molecular weight excluding hydrogens is 238 g/mol. The molecule has 0 aromatic heterocycles. The lowest BCUT2D eigenvalue weighted by Crippen LogP contribution is -2.43. The van der Waals surface area contributed by atoms with Crippen LogP contribution in [0.15, 0.2) is 12.7 Å². The molecule has 0 aromatic carbocycles. The van der Waals surface area contributed by atoms with Crippen LogP contribution < -0.4 is 5.73 Å². The Labute approximate surface area is 107 Å². The first-order valence-electron chi connectivity index (χ1n) is 5.60. The average Bonchev–Trinajstić information content (AvgIpc) is 2.21. The van der Waals surface area contributed by atoms with Gasteiger partial charge in [0.1, 0.15) is 12.2 Å². The monoisotopic (exact) mass is 259 g/mol. The molecule has 18 heavy (non-hydrogen) atoms. The molecule has 104 valence electrons. The van der Waals surface area contributed by atoms with Crippen molar-refractivity contribution in [3.8, 4) is 0 Å². The van der Waals surface area contributed by atoms with Crippen LogP contribution in [0.4, 0.5) is 0 Å². The maximum Gasteiger partial charge on any atom is 0.336 e. The van der Waals surface area contributed by atoms with Crippen molar-refractivity contribution in [1.82, 2.24) is 0 Å². The van der Waals surface area contributed by atoms with E-state index in [1.54, 1.807) is 20.8 Å². The maximum absolute atomic E-state index is 11.4. The maximum atomic E-state index is 11.4. The van der Waals surface area contributed by atoms with Crippen LogP contribution in [0.2, 0.25) is 0 Å². The molecule has 0 aliphatic rings. The molecule has 0 radical (unpaired) electrons. The first-order chi connectivity index (χ1) is 8.17. The number of carbonyl (C=O) groups excluding carboxylic acids is 2. The molecule has 0 bridgehead atoms. The predicted molar refractivity (Wildman–Crippen MR) is 65.6 cm³/mol. The highest BCUT2D eigenvalue weighted by Crippen LogP contribution is 2.10. The topological polar surface area (TPSA) is 98.9 Å². The van der Waals surface area contributed by atoms with Crippen LogP contribution >= 0.6 is 0 Å². The number of aliphatic hydroxyl groups excluding tert-OH is 1. The minimum Gasteiger partial charge on any atom is -0.460 e. The summed E-state index contributed by atoms with van der Waals surface area (Å²) in [5.41, 5.74) is 4.90. The molecule has 0 spiro atoms. The fourth-order valence-electron chi connectivity index (χ4n) is 1.09. The number of aliphatic hydroxyl groups is 1. The summed E-state index contributed by atoms with van der Waals surface area (Å²) >= 11 is 0. The fraction of sp³-hybridized carbons (Fsp3) is 0.667. The zero-order chi connectivity index (χ0) is 14.3. The van der Waals surface area contributed by atoms with E-state index in [4.69, 9.17) is 10.5 Å². The molecule has 6 nitrogen and oxygen atoms in total. The Kier molecular flexibility index (Phi) is 6.57. The van der Waals surface area contributed by atoms with Gasteiger partial charge in [-0.05, 0) is 20.8 Å². The van der Waals surface area contributed by atoms with Crippen molar-refractivity contribution in [2.75, 3.05) is 6.61 Å². The molecule has 0 amide bonds. The lowest BCUT2D eigenvalue weighted by atomic mass is 10.1. The number of hydrogen-bond acceptors (Lipinski definition) is 6. The van der Waals surface area contributed by atoms with Crippen LogP contribution in [0, 0.1) is 0 Å². The molecular formula is C12H21NO5. The van der Waals surface area contributed by atoms with Crippen LogP contribution in [-0.2, 0) is 19.1 Å². The number of ether oxygens (including phenoxy) is 2. The minimum atomic E-state index is -1.56. The molecule has 0 heterocycles. The fourth-order valence-corrected chi connectivity index (χ4v) is 1.09. The highest BCUT2D eigenvalue weighted by Gasteiger charge is 2.28. The molecule has 0 fully saturated rings. The third kappa shape index (κ3) is 7.03. The van der Waals surface area contributed by atoms with Gasteiger partial charge < -0.3 is 20.3 Å². The van der Waals surface area contributed by atoms with Crippen LogP contribution in [-0.4, -0.2) is 41.4 Å². The van der Waals surface area contributed by atoms with Gasteiger partial charge in [0.2, 0.25) is 0 Å². The minimum absolute atomic E-state index is 0.0188. The SMILES string of the molecule is C=CCOC(=O)C(O)C(N)CC(=O)OC(C)(C)C. The molecule has 0 rings (SSSR count). The van der Waals surface area contributed by atoms with Gasteiger partial charge >= 0.3 is 11.9 Å². The van der Waals surface area contributed by atoms with Crippen molar-refractivity contribution >= 4 is 11.9 Å². The standard InChI is InChI=1S/C12H21NO5/c1-5-6-17-11(16)10(15)8(13)7-9(14)18-12(2,3)4/h5,8,10,15H,1,6-7,13H2,2-4H3. The second-order valence-electron chi connectivity index (χ2n) is 4.82. The number of rotatable bonds is 6. The Morgan fingerprint density at radius 3 is 2.44 bits per heavy atom. The second kappa shape index (κ2) is 7.13. The third-order valence-corrected chi connectivity index (χ3v) is 1.81. The van der Waals surface area contributed by atoms with E-state index in [1.807, 2.05) is 0 Å². The molecule has 0 saturated heterocycles. The van der Waals surface area contributed by atoms with E-state index in [2.05, 4.69) is 11.3 Å². The van der Waals surface area contributed by atoms with E-state index in [0.717, 1.165) is 0 Å². The first-order valence-corrected chi connectivity index (χ1v) is 5.60. The van der Waals surface area contributed by atoms with Gasteiger partial charge in [0, 0.05) is 0 Å². The summed E-state index contributed by atoms with van der Waals surface area (Å²) in [6.45, 7) is 8.48. The lowest BCUT2D eigenvalue weighted by Gasteiger charge is -2.22. The van der Waals surface area contributed by atoms with Crippen LogP contribution in [0.5, 0.6) is 0 Å². The van der Waals surface area contributed by atoms with E-state index in [1.165, 1.54) is 6.08 Å². The van der Waals surface area contributed by atoms with Crippen molar-refractivity contribution in [3.05, 3.63) is 12.7 Å². The van der Waals surface area contributed by atoms with E-state index in [-0.39, 0.29) is 13.0 Å². The summed E-state index contributed by atoms with van der Waals surface area (Å²) in [5.74, 6) is -1.46. The van der Waals surface area contributed by atoms with Crippen LogP contribution in [0.3, 0.4) is 0 Å². The number of nitrogens with two attached hydrogens (primary N) is 1. The van der Waals surface area contributed by atoms with Gasteiger partial charge in [0.15, 0.2) is 6.10 Å². The Hall–Kier alpha value is -1.40. The summed E-state index contributed by atoms with van der Waals surface area (Å²) in [6, 6.07) is -1.06. The van der Waals surface area contributed by atoms with Crippen LogP contribution in [0.1, 0.15) is 27.2 Å². The highest BCUT2D eigenvalue weighted by molar-refractivity contribution is 5.77. The smallest absolute Gasteiger partial charge is 0.336 e. The molecule has 0 aromatic rings. The van der Waals surface area contributed by atoms with Gasteiger partial charge in [-0.2, -0.15) is 0 Å². The van der Waals surface area contributed by atoms with Gasteiger partial charge in [-0.25, -0.2) is 4.79 Å². The molecule has 3 N–H and O–H groups in total. The van der Waals surface area contributed by atoms with Gasteiger partial charge in [-0.3, -0.25) is 4.79 Å². The Balaban J connectivity index is 4.22. The van der Waals surface area contributed by atoms with Crippen molar-refractivity contribution < 1.29 is 24.2 Å². The first kappa shape index (κ1) is 16.6. The summed E-state index contributed by atoms with van der Waals surface area (Å²) in [5, 5.41) is 9.52. The van der Waals surface area contributed by atoms with Crippen molar-refractivity contribution in [2.24, 2.45) is 5.73 Å². The van der Waals surface area contributed by atoms with E-state index < -0.39 is 29.7 Å². The number of hydrogen-bond donors (Lipinski definition) is 2. The quantitative estimate of drug-likeness (QED) is 0.520. The molecule has 6 heteroatoms. The summed E-state index contributed by atoms with van der Waals surface area (Å²) < 4.78 is 9.64. The number of esters is 2. The van der Waals surface area contributed by atoms with E-state index in [9.17, 15) is 14.7 Å². The molecule has 0 aliphatic heterocycles. The number of carbonyl (C=O) groups is 2. The van der Waals surface area contributed by atoms with Crippen molar-refractivity contribution in [2.45, 2.75) is 44.9 Å². The van der Waals surface area contributed by atoms with Gasteiger partial charge in [0.25, 0.3) is 0 Å². The Morgan fingerprint density at radius 1 is 1.44 bits per heavy atom. The molecule has 0 aliphatic carbocycles.